The molecule has 2 N–H and O–H groups in total. The van der Waals surface area contributed by atoms with E-state index in [4.69, 9.17) is 0 Å². The van der Waals surface area contributed by atoms with Gasteiger partial charge in [-0.15, -0.1) is 0 Å². The molecule has 0 atom stereocenters. The van der Waals surface area contributed by atoms with Gasteiger partial charge in [-0.3, -0.25) is 0 Å². The zero-order valence-corrected chi connectivity index (χ0v) is 8.33. The SMILES string of the molecule is CCC(C)(C)c1cc(O)cc(O)c1. The van der Waals surface area contributed by atoms with Crippen LogP contribution in [0, 0.1) is 0 Å². The fourth-order valence-corrected chi connectivity index (χ4v) is 1.19. The summed E-state index contributed by atoms with van der Waals surface area (Å²) in [7, 11) is 0. The Balaban J connectivity index is 3.15. The average Bonchev–Trinajstić information content (AvgIpc) is 2.02. The second kappa shape index (κ2) is 3.29. The maximum Gasteiger partial charge on any atom is 0.119 e. The van der Waals surface area contributed by atoms with Crippen LogP contribution < -0.4 is 0 Å². The van der Waals surface area contributed by atoms with Crippen LogP contribution in [0.1, 0.15) is 32.8 Å². The second-order valence-electron chi connectivity index (χ2n) is 3.98. The molecule has 0 aromatic heterocycles. The fraction of sp³-hybridized carbons (Fsp3) is 0.455. The summed E-state index contributed by atoms with van der Waals surface area (Å²) in [5, 5.41) is 18.6. The summed E-state index contributed by atoms with van der Waals surface area (Å²) in [6.45, 7) is 6.25. The van der Waals surface area contributed by atoms with Gasteiger partial charge in [-0.25, -0.2) is 0 Å². The van der Waals surface area contributed by atoms with Crippen molar-refractivity contribution in [2.24, 2.45) is 0 Å². The number of hydrogen-bond donors (Lipinski definition) is 2. The first-order valence-electron chi connectivity index (χ1n) is 4.49. The van der Waals surface area contributed by atoms with E-state index in [-0.39, 0.29) is 16.9 Å². The number of aromatic hydroxyl groups is 2. The van der Waals surface area contributed by atoms with E-state index in [0.717, 1.165) is 12.0 Å². The van der Waals surface area contributed by atoms with Crippen molar-refractivity contribution in [1.29, 1.82) is 0 Å². The molecule has 0 heterocycles. The first-order valence-corrected chi connectivity index (χ1v) is 4.49. The molecule has 0 radical (unpaired) electrons. The van der Waals surface area contributed by atoms with Gasteiger partial charge in [0.15, 0.2) is 0 Å². The van der Waals surface area contributed by atoms with E-state index in [2.05, 4.69) is 20.8 Å². The van der Waals surface area contributed by atoms with E-state index >= 15 is 0 Å². The van der Waals surface area contributed by atoms with Gasteiger partial charge in [0.05, 0.1) is 0 Å². The van der Waals surface area contributed by atoms with Gasteiger partial charge in [0.2, 0.25) is 0 Å². The van der Waals surface area contributed by atoms with E-state index in [0.29, 0.717) is 0 Å². The Morgan fingerprint density at radius 2 is 1.54 bits per heavy atom. The van der Waals surface area contributed by atoms with Gasteiger partial charge in [0.25, 0.3) is 0 Å². The lowest BCUT2D eigenvalue weighted by Crippen LogP contribution is -2.14. The van der Waals surface area contributed by atoms with Crippen molar-refractivity contribution in [3.8, 4) is 11.5 Å². The molecule has 0 bridgehead atoms. The lowest BCUT2D eigenvalue weighted by molar-refractivity contribution is 0.438. The molecular formula is C11H16O2. The first-order chi connectivity index (χ1) is 5.95. The third kappa shape index (κ3) is 2.14. The van der Waals surface area contributed by atoms with Gasteiger partial charge in [-0.2, -0.15) is 0 Å². The standard InChI is InChI=1S/C11H16O2/c1-4-11(2,3)8-5-9(12)7-10(13)6-8/h5-7,12-13H,4H2,1-3H3. The molecule has 1 aromatic carbocycles. The van der Waals surface area contributed by atoms with Crippen LogP contribution in [0.3, 0.4) is 0 Å². The van der Waals surface area contributed by atoms with Gasteiger partial charge in [-0.05, 0) is 29.5 Å². The molecule has 0 unspecified atom stereocenters. The topological polar surface area (TPSA) is 40.5 Å². The Kier molecular flexibility index (Phi) is 2.50. The maximum atomic E-state index is 9.29. The molecule has 0 amide bonds. The van der Waals surface area contributed by atoms with Crippen molar-refractivity contribution in [3.63, 3.8) is 0 Å². The molecular weight excluding hydrogens is 164 g/mol. The summed E-state index contributed by atoms with van der Waals surface area (Å²) in [6.07, 6.45) is 0.968. The Morgan fingerprint density at radius 3 is 1.92 bits per heavy atom. The third-order valence-corrected chi connectivity index (χ3v) is 2.57. The molecule has 72 valence electrons. The minimum atomic E-state index is -0.00375. The van der Waals surface area contributed by atoms with Crippen LogP contribution in [0.5, 0.6) is 11.5 Å². The van der Waals surface area contributed by atoms with Crippen molar-refractivity contribution in [2.75, 3.05) is 0 Å². The quantitative estimate of drug-likeness (QED) is 0.734. The maximum absolute atomic E-state index is 9.29. The van der Waals surface area contributed by atoms with Crippen LogP contribution in [-0.2, 0) is 5.41 Å². The summed E-state index contributed by atoms with van der Waals surface area (Å²) in [6, 6.07) is 4.74. The van der Waals surface area contributed by atoms with Gasteiger partial charge >= 0.3 is 0 Å². The molecule has 1 aromatic rings. The second-order valence-corrected chi connectivity index (χ2v) is 3.98. The van der Waals surface area contributed by atoms with Crippen molar-refractivity contribution < 1.29 is 10.2 Å². The van der Waals surface area contributed by atoms with Gasteiger partial charge < -0.3 is 10.2 Å². The van der Waals surface area contributed by atoms with Gasteiger partial charge in [-0.1, -0.05) is 20.8 Å². The Labute approximate surface area is 78.8 Å². The van der Waals surface area contributed by atoms with E-state index in [1.165, 1.54) is 6.07 Å². The summed E-state index contributed by atoms with van der Waals surface area (Å²) >= 11 is 0. The smallest absolute Gasteiger partial charge is 0.119 e. The molecule has 0 fully saturated rings. The van der Waals surface area contributed by atoms with Crippen LogP contribution >= 0.6 is 0 Å². The van der Waals surface area contributed by atoms with Crippen LogP contribution in [0.15, 0.2) is 18.2 Å². The highest BCUT2D eigenvalue weighted by atomic mass is 16.3. The molecule has 2 heteroatoms. The number of benzene rings is 1. The highest BCUT2D eigenvalue weighted by molar-refractivity contribution is 5.39. The predicted octanol–water partition coefficient (Wildman–Crippen LogP) is 2.79. The van der Waals surface area contributed by atoms with Crippen molar-refractivity contribution >= 4 is 0 Å². The molecule has 0 aliphatic heterocycles. The zero-order chi connectivity index (χ0) is 10.1. The molecule has 0 saturated heterocycles. The van der Waals surface area contributed by atoms with Crippen molar-refractivity contribution in [3.05, 3.63) is 23.8 Å². The van der Waals surface area contributed by atoms with E-state index in [9.17, 15) is 10.2 Å². The molecule has 13 heavy (non-hydrogen) atoms. The Bertz CT molecular complexity index is 283. The monoisotopic (exact) mass is 180 g/mol. The van der Waals surface area contributed by atoms with Crippen LogP contribution in [0.25, 0.3) is 0 Å². The molecule has 0 aliphatic rings. The number of phenols is 2. The van der Waals surface area contributed by atoms with Crippen LogP contribution in [-0.4, -0.2) is 10.2 Å². The summed E-state index contributed by atoms with van der Waals surface area (Å²) < 4.78 is 0. The van der Waals surface area contributed by atoms with Gasteiger partial charge in [0, 0.05) is 6.07 Å². The number of phenolic OH excluding ortho intramolecular Hbond substituents is 2. The summed E-state index contributed by atoms with van der Waals surface area (Å²) in [5.74, 6) is 0.244. The highest BCUT2D eigenvalue weighted by Crippen LogP contribution is 2.32. The lowest BCUT2D eigenvalue weighted by Gasteiger charge is -2.23. The molecule has 0 spiro atoms. The largest absolute Gasteiger partial charge is 0.508 e. The summed E-state index contributed by atoms with van der Waals surface area (Å²) in [5.41, 5.74) is 0.962. The number of rotatable bonds is 2. The molecule has 0 saturated carbocycles. The summed E-state index contributed by atoms with van der Waals surface area (Å²) in [4.78, 5) is 0. The molecule has 0 aliphatic carbocycles. The van der Waals surface area contributed by atoms with E-state index < -0.39 is 0 Å². The highest BCUT2D eigenvalue weighted by Gasteiger charge is 2.19. The van der Waals surface area contributed by atoms with Crippen LogP contribution in [0.2, 0.25) is 0 Å². The Morgan fingerprint density at radius 1 is 1.08 bits per heavy atom. The van der Waals surface area contributed by atoms with Crippen LogP contribution in [0.4, 0.5) is 0 Å². The normalized spacial score (nSPS) is 11.6. The third-order valence-electron chi connectivity index (χ3n) is 2.57. The minimum absolute atomic E-state index is 0.00375. The van der Waals surface area contributed by atoms with E-state index in [1.54, 1.807) is 12.1 Å². The Hall–Kier alpha value is -1.18. The zero-order valence-electron chi connectivity index (χ0n) is 8.33. The molecule has 1 rings (SSSR count). The lowest BCUT2D eigenvalue weighted by atomic mass is 9.82. The minimum Gasteiger partial charge on any atom is -0.508 e. The molecule has 2 nitrogen and oxygen atoms in total. The average molecular weight is 180 g/mol. The van der Waals surface area contributed by atoms with Crippen molar-refractivity contribution in [1.82, 2.24) is 0 Å². The van der Waals surface area contributed by atoms with Gasteiger partial charge in [0.1, 0.15) is 11.5 Å². The first kappa shape index (κ1) is 9.90. The fourth-order valence-electron chi connectivity index (χ4n) is 1.19. The van der Waals surface area contributed by atoms with Crippen molar-refractivity contribution in [2.45, 2.75) is 32.6 Å². The predicted molar refractivity (Wildman–Crippen MR) is 53.1 cm³/mol. The number of hydrogen-bond acceptors (Lipinski definition) is 2. The van der Waals surface area contributed by atoms with E-state index in [1.807, 2.05) is 0 Å².